The van der Waals surface area contributed by atoms with Crippen LogP contribution in [-0.4, -0.2) is 45.0 Å². The molecule has 1 atom stereocenters. The predicted molar refractivity (Wildman–Crippen MR) is 109 cm³/mol. The van der Waals surface area contributed by atoms with Gasteiger partial charge in [-0.1, -0.05) is 43.2 Å². The second-order valence-corrected chi connectivity index (χ2v) is 7.54. The fourth-order valence-corrected chi connectivity index (χ4v) is 3.95. The van der Waals surface area contributed by atoms with Gasteiger partial charge in [-0.15, -0.1) is 0 Å². The molecule has 1 N–H and O–H groups in total. The van der Waals surface area contributed by atoms with E-state index in [0.29, 0.717) is 17.8 Å². The molecule has 4 rings (SSSR count). The minimum atomic E-state index is -0.123. The molecule has 1 aliphatic rings. The molecule has 0 radical (unpaired) electrons. The minimum absolute atomic E-state index is 0.123. The highest BCUT2D eigenvalue weighted by Gasteiger charge is 2.23. The fourth-order valence-electron chi connectivity index (χ4n) is 3.95. The van der Waals surface area contributed by atoms with Crippen molar-refractivity contribution in [1.29, 1.82) is 0 Å². The van der Waals surface area contributed by atoms with Gasteiger partial charge in [0.25, 0.3) is 5.91 Å². The molecule has 3 aromatic rings. The van der Waals surface area contributed by atoms with Crippen LogP contribution in [0.3, 0.4) is 0 Å². The van der Waals surface area contributed by atoms with Crippen LogP contribution in [0.5, 0.6) is 0 Å². The normalized spacial score (nSPS) is 16.6. The molecule has 1 amide bonds. The van der Waals surface area contributed by atoms with Gasteiger partial charge in [0.15, 0.2) is 5.65 Å². The first-order valence-electron chi connectivity index (χ1n) is 10.1. The average molecular weight is 377 g/mol. The molecule has 0 saturated carbocycles. The molecule has 0 unspecified atom stereocenters. The zero-order chi connectivity index (χ0) is 19.3. The van der Waals surface area contributed by atoms with E-state index < -0.39 is 0 Å². The Hall–Kier alpha value is -2.73. The molecular formula is C22H27N5O. The largest absolute Gasteiger partial charge is 0.350 e. The molecule has 0 spiro atoms. The van der Waals surface area contributed by atoms with Gasteiger partial charge >= 0.3 is 0 Å². The molecule has 1 fully saturated rings. The van der Waals surface area contributed by atoms with Gasteiger partial charge in [-0.25, -0.2) is 9.50 Å². The highest BCUT2D eigenvalue weighted by atomic mass is 16.1. The van der Waals surface area contributed by atoms with E-state index in [2.05, 4.69) is 44.6 Å². The number of nitrogens with zero attached hydrogens (tertiary/aromatic N) is 4. The Morgan fingerprint density at radius 1 is 1.11 bits per heavy atom. The van der Waals surface area contributed by atoms with Crippen LogP contribution in [0, 0.1) is 6.92 Å². The van der Waals surface area contributed by atoms with Crippen molar-refractivity contribution in [1.82, 2.24) is 24.8 Å². The van der Waals surface area contributed by atoms with E-state index in [1.54, 1.807) is 16.9 Å². The number of nitrogens with one attached hydrogen (secondary N) is 1. The SMILES string of the molecule is Cc1cnc2c(C(=O)NC[C@H](c3ccccc3)N3CCCCCC3)cnn2c1. The van der Waals surface area contributed by atoms with Gasteiger partial charge in [0, 0.05) is 18.9 Å². The van der Waals surface area contributed by atoms with Crippen molar-refractivity contribution >= 4 is 11.6 Å². The summed E-state index contributed by atoms with van der Waals surface area (Å²) in [6.45, 7) is 4.69. The van der Waals surface area contributed by atoms with E-state index in [0.717, 1.165) is 18.7 Å². The fraction of sp³-hybridized carbons (Fsp3) is 0.409. The maximum atomic E-state index is 12.9. The topological polar surface area (TPSA) is 62.5 Å². The second-order valence-electron chi connectivity index (χ2n) is 7.54. The molecule has 2 aromatic heterocycles. The lowest BCUT2D eigenvalue weighted by molar-refractivity contribution is 0.0934. The first-order valence-corrected chi connectivity index (χ1v) is 10.1. The number of rotatable bonds is 5. The summed E-state index contributed by atoms with van der Waals surface area (Å²) in [4.78, 5) is 19.8. The molecule has 0 aliphatic carbocycles. The summed E-state index contributed by atoms with van der Waals surface area (Å²) in [5.41, 5.74) is 3.36. The van der Waals surface area contributed by atoms with Crippen LogP contribution in [-0.2, 0) is 0 Å². The molecule has 146 valence electrons. The molecule has 0 bridgehead atoms. The smallest absolute Gasteiger partial charge is 0.256 e. The van der Waals surface area contributed by atoms with Crippen molar-refractivity contribution in [2.75, 3.05) is 19.6 Å². The van der Waals surface area contributed by atoms with Crippen molar-refractivity contribution < 1.29 is 4.79 Å². The van der Waals surface area contributed by atoms with E-state index in [1.807, 2.05) is 19.2 Å². The van der Waals surface area contributed by atoms with Crippen LogP contribution < -0.4 is 5.32 Å². The number of hydrogen-bond acceptors (Lipinski definition) is 4. The lowest BCUT2D eigenvalue weighted by Crippen LogP contribution is -2.38. The zero-order valence-electron chi connectivity index (χ0n) is 16.3. The lowest BCUT2D eigenvalue weighted by atomic mass is 10.0. The van der Waals surface area contributed by atoms with Gasteiger partial charge in [-0.05, 0) is 44.0 Å². The monoisotopic (exact) mass is 377 g/mol. The van der Waals surface area contributed by atoms with Crippen LogP contribution in [0.15, 0.2) is 48.9 Å². The van der Waals surface area contributed by atoms with Gasteiger partial charge in [-0.3, -0.25) is 9.69 Å². The molecule has 1 saturated heterocycles. The third-order valence-electron chi connectivity index (χ3n) is 5.45. The number of likely N-dealkylation sites (tertiary alicyclic amines) is 1. The third-order valence-corrected chi connectivity index (χ3v) is 5.45. The number of aryl methyl sites for hydroxylation is 1. The number of carbonyl (C=O) groups is 1. The predicted octanol–water partition coefficient (Wildman–Crippen LogP) is 3.38. The van der Waals surface area contributed by atoms with Crippen LogP contribution in [0.4, 0.5) is 0 Å². The van der Waals surface area contributed by atoms with Crippen molar-refractivity contribution in [3.8, 4) is 0 Å². The molecule has 1 aromatic carbocycles. The maximum Gasteiger partial charge on any atom is 0.256 e. The first kappa shape index (κ1) is 18.6. The van der Waals surface area contributed by atoms with E-state index >= 15 is 0 Å². The standard InChI is InChI=1S/C22H27N5O/c1-17-13-23-21-19(14-25-27(21)16-17)22(28)24-15-20(18-9-5-4-6-10-18)26-11-7-2-3-8-12-26/h4-6,9-10,13-14,16,20H,2-3,7-8,11-12,15H2,1H3,(H,24,28)/t20-/m1/s1. The number of fused-ring (bicyclic) bond motifs is 1. The summed E-state index contributed by atoms with van der Waals surface area (Å²) in [5.74, 6) is -0.123. The highest BCUT2D eigenvalue weighted by Crippen LogP contribution is 2.24. The Balaban J connectivity index is 1.52. The first-order chi connectivity index (χ1) is 13.7. The Morgan fingerprint density at radius 2 is 1.86 bits per heavy atom. The minimum Gasteiger partial charge on any atom is -0.350 e. The Kier molecular flexibility index (Phi) is 5.67. The van der Waals surface area contributed by atoms with Crippen molar-refractivity contribution in [3.05, 3.63) is 65.6 Å². The summed E-state index contributed by atoms with van der Waals surface area (Å²) in [7, 11) is 0. The summed E-state index contributed by atoms with van der Waals surface area (Å²) < 4.78 is 1.66. The highest BCUT2D eigenvalue weighted by molar-refractivity contribution is 5.99. The maximum absolute atomic E-state index is 12.9. The molecule has 6 heteroatoms. The number of hydrogen-bond donors (Lipinski definition) is 1. The molecular weight excluding hydrogens is 350 g/mol. The zero-order valence-corrected chi connectivity index (χ0v) is 16.3. The Bertz CT molecular complexity index is 929. The number of carbonyl (C=O) groups excluding carboxylic acids is 1. The van der Waals surface area contributed by atoms with Crippen LogP contribution in [0.25, 0.3) is 5.65 Å². The Labute approximate surface area is 165 Å². The van der Waals surface area contributed by atoms with Crippen molar-refractivity contribution in [2.45, 2.75) is 38.6 Å². The van der Waals surface area contributed by atoms with Gasteiger partial charge in [0.05, 0.1) is 12.2 Å². The summed E-state index contributed by atoms with van der Waals surface area (Å²) in [6, 6.07) is 10.7. The molecule has 3 heterocycles. The van der Waals surface area contributed by atoms with Gasteiger partial charge in [0.2, 0.25) is 0 Å². The van der Waals surface area contributed by atoms with Gasteiger partial charge in [-0.2, -0.15) is 5.10 Å². The number of amides is 1. The van der Waals surface area contributed by atoms with Crippen molar-refractivity contribution in [2.24, 2.45) is 0 Å². The molecule has 6 nitrogen and oxygen atoms in total. The quantitative estimate of drug-likeness (QED) is 0.740. The van der Waals surface area contributed by atoms with Crippen LogP contribution in [0.1, 0.15) is 53.2 Å². The van der Waals surface area contributed by atoms with E-state index in [-0.39, 0.29) is 11.9 Å². The Morgan fingerprint density at radius 3 is 2.61 bits per heavy atom. The van der Waals surface area contributed by atoms with E-state index in [4.69, 9.17) is 0 Å². The van der Waals surface area contributed by atoms with Crippen molar-refractivity contribution in [3.63, 3.8) is 0 Å². The number of benzene rings is 1. The van der Waals surface area contributed by atoms with Crippen LogP contribution in [0.2, 0.25) is 0 Å². The second kappa shape index (κ2) is 8.52. The van der Waals surface area contributed by atoms with Crippen LogP contribution >= 0.6 is 0 Å². The average Bonchev–Trinajstić information content (AvgIpc) is 2.94. The van der Waals surface area contributed by atoms with Gasteiger partial charge in [0.1, 0.15) is 5.56 Å². The number of aromatic nitrogens is 3. The third kappa shape index (κ3) is 4.07. The molecule has 28 heavy (non-hydrogen) atoms. The van der Waals surface area contributed by atoms with Gasteiger partial charge < -0.3 is 5.32 Å². The summed E-state index contributed by atoms with van der Waals surface area (Å²) in [6.07, 6.45) is 10.3. The lowest BCUT2D eigenvalue weighted by Gasteiger charge is -2.31. The summed E-state index contributed by atoms with van der Waals surface area (Å²) >= 11 is 0. The van der Waals surface area contributed by atoms with E-state index in [9.17, 15) is 4.79 Å². The summed E-state index contributed by atoms with van der Waals surface area (Å²) in [5, 5.41) is 7.41. The van der Waals surface area contributed by atoms with E-state index in [1.165, 1.54) is 31.2 Å². The molecule has 1 aliphatic heterocycles.